The van der Waals surface area contributed by atoms with Crippen LogP contribution in [0, 0.1) is 0 Å². The van der Waals surface area contributed by atoms with Gasteiger partial charge < -0.3 is 11.1 Å². The Morgan fingerprint density at radius 3 is 2.78 bits per heavy atom. The molecule has 0 saturated carbocycles. The van der Waals surface area contributed by atoms with Crippen molar-refractivity contribution < 1.29 is 4.79 Å². The molecule has 0 aliphatic rings. The Morgan fingerprint density at radius 1 is 1.26 bits per heavy atom. The molecule has 0 saturated heterocycles. The molecule has 6 heteroatoms. The van der Waals surface area contributed by atoms with Crippen molar-refractivity contribution in [2.24, 2.45) is 0 Å². The molecule has 3 rings (SSSR count). The Morgan fingerprint density at radius 2 is 2.04 bits per heavy atom. The average molecular weight is 324 g/mol. The summed E-state index contributed by atoms with van der Waals surface area (Å²) in [6, 6.07) is 11.7. The number of anilines is 1. The number of nitrogens with one attached hydrogen (secondary N) is 1. The molecule has 1 aromatic carbocycles. The van der Waals surface area contributed by atoms with Gasteiger partial charge in [0.2, 0.25) is 5.95 Å². The molecule has 0 radical (unpaired) electrons. The SMILES string of the molecule is CCNC(=O)c1cc2c(C=Cc3ccccc3)nc(N)nc2s1. The first kappa shape index (κ1) is 15.2. The van der Waals surface area contributed by atoms with E-state index >= 15 is 0 Å². The second-order valence-electron chi connectivity index (χ2n) is 4.90. The number of fused-ring (bicyclic) bond motifs is 1. The summed E-state index contributed by atoms with van der Waals surface area (Å²) in [5, 5.41) is 3.62. The van der Waals surface area contributed by atoms with E-state index in [1.165, 1.54) is 11.3 Å². The fourth-order valence-electron chi connectivity index (χ4n) is 2.19. The summed E-state index contributed by atoms with van der Waals surface area (Å²) in [7, 11) is 0. The fourth-order valence-corrected chi connectivity index (χ4v) is 3.15. The van der Waals surface area contributed by atoms with Crippen molar-refractivity contribution in [3.05, 3.63) is 52.5 Å². The highest BCUT2D eigenvalue weighted by atomic mass is 32.1. The molecule has 2 heterocycles. The fraction of sp³-hybridized carbons (Fsp3) is 0.118. The minimum atomic E-state index is -0.105. The molecule has 23 heavy (non-hydrogen) atoms. The van der Waals surface area contributed by atoms with Gasteiger partial charge in [0.15, 0.2) is 0 Å². The number of thiophene rings is 1. The lowest BCUT2D eigenvalue weighted by Gasteiger charge is -1.98. The Kier molecular flexibility index (Phi) is 4.34. The second-order valence-corrected chi connectivity index (χ2v) is 5.93. The van der Waals surface area contributed by atoms with Crippen molar-refractivity contribution in [3.63, 3.8) is 0 Å². The molecule has 0 atom stereocenters. The summed E-state index contributed by atoms with van der Waals surface area (Å²) in [5.41, 5.74) is 7.57. The molecule has 0 unspecified atom stereocenters. The van der Waals surface area contributed by atoms with E-state index in [4.69, 9.17) is 5.73 Å². The maximum atomic E-state index is 12.0. The van der Waals surface area contributed by atoms with Crippen LogP contribution in [0.4, 0.5) is 5.95 Å². The third-order valence-corrected chi connectivity index (χ3v) is 4.26. The standard InChI is InChI=1S/C17H16N4OS/c1-2-19-15(22)14-10-12-13(20-17(18)21-16(12)23-14)9-8-11-6-4-3-5-7-11/h3-10H,2H2,1H3,(H,19,22)(H2,18,20,21). The molecule has 0 fully saturated rings. The molecule has 116 valence electrons. The normalized spacial score (nSPS) is 11.2. The quantitative estimate of drug-likeness (QED) is 0.772. The Bertz CT molecular complexity index is 871. The van der Waals surface area contributed by atoms with Gasteiger partial charge >= 0.3 is 0 Å². The lowest BCUT2D eigenvalue weighted by molar-refractivity contribution is 0.0960. The number of carbonyl (C=O) groups excluding carboxylic acids is 1. The minimum absolute atomic E-state index is 0.105. The number of nitrogens with zero attached hydrogens (tertiary/aromatic N) is 2. The summed E-state index contributed by atoms with van der Waals surface area (Å²) in [5.74, 6) is 0.0987. The molecule has 5 nitrogen and oxygen atoms in total. The van der Waals surface area contributed by atoms with Crippen LogP contribution >= 0.6 is 11.3 Å². The number of carbonyl (C=O) groups is 1. The molecule has 1 amide bonds. The van der Waals surface area contributed by atoms with Crippen molar-refractivity contribution in [1.82, 2.24) is 15.3 Å². The van der Waals surface area contributed by atoms with Crippen molar-refractivity contribution in [2.75, 3.05) is 12.3 Å². The van der Waals surface area contributed by atoms with Crippen LogP contribution in [-0.4, -0.2) is 22.4 Å². The highest BCUT2D eigenvalue weighted by Gasteiger charge is 2.13. The summed E-state index contributed by atoms with van der Waals surface area (Å²) in [6.45, 7) is 2.47. The Labute approximate surface area is 137 Å². The topological polar surface area (TPSA) is 80.9 Å². The van der Waals surface area contributed by atoms with Crippen LogP contribution in [0.5, 0.6) is 0 Å². The lowest BCUT2D eigenvalue weighted by atomic mass is 10.2. The van der Waals surface area contributed by atoms with E-state index in [1.807, 2.05) is 55.5 Å². The molecule has 3 aromatic rings. The first-order chi connectivity index (χ1) is 11.2. The number of benzene rings is 1. The van der Waals surface area contributed by atoms with Gasteiger partial charge in [-0.3, -0.25) is 4.79 Å². The molecule has 0 aliphatic carbocycles. The van der Waals surface area contributed by atoms with Crippen LogP contribution < -0.4 is 11.1 Å². The average Bonchev–Trinajstić information content (AvgIpc) is 2.98. The van der Waals surface area contributed by atoms with Gasteiger partial charge in [-0.2, -0.15) is 0 Å². The first-order valence-electron chi connectivity index (χ1n) is 7.25. The number of hydrogen-bond donors (Lipinski definition) is 2. The number of nitrogens with two attached hydrogens (primary N) is 1. The molecular formula is C17H16N4OS. The van der Waals surface area contributed by atoms with E-state index in [1.54, 1.807) is 0 Å². The Hall–Kier alpha value is -2.73. The van der Waals surface area contributed by atoms with Gasteiger partial charge in [-0.15, -0.1) is 11.3 Å². The van der Waals surface area contributed by atoms with Gasteiger partial charge in [0.1, 0.15) is 4.83 Å². The van der Waals surface area contributed by atoms with Crippen LogP contribution in [0.15, 0.2) is 36.4 Å². The third kappa shape index (κ3) is 3.37. The van der Waals surface area contributed by atoms with E-state index in [0.717, 1.165) is 10.9 Å². The largest absolute Gasteiger partial charge is 0.368 e. The van der Waals surface area contributed by atoms with E-state index in [0.29, 0.717) is 21.9 Å². The lowest BCUT2D eigenvalue weighted by Crippen LogP contribution is -2.21. The zero-order valence-corrected chi connectivity index (χ0v) is 13.4. The van der Waals surface area contributed by atoms with E-state index in [2.05, 4.69) is 15.3 Å². The van der Waals surface area contributed by atoms with E-state index in [9.17, 15) is 4.79 Å². The minimum Gasteiger partial charge on any atom is -0.368 e. The number of nitrogen functional groups attached to an aromatic ring is 1. The molecule has 2 aromatic heterocycles. The van der Waals surface area contributed by atoms with Gasteiger partial charge in [0.25, 0.3) is 5.91 Å². The van der Waals surface area contributed by atoms with Gasteiger partial charge in [-0.1, -0.05) is 36.4 Å². The van der Waals surface area contributed by atoms with Crippen molar-refractivity contribution >= 4 is 45.6 Å². The highest BCUT2D eigenvalue weighted by molar-refractivity contribution is 7.20. The second kappa shape index (κ2) is 6.58. The number of aromatic nitrogens is 2. The predicted molar refractivity (Wildman–Crippen MR) is 95.2 cm³/mol. The van der Waals surface area contributed by atoms with Crippen LogP contribution in [0.25, 0.3) is 22.4 Å². The highest BCUT2D eigenvalue weighted by Crippen LogP contribution is 2.27. The Balaban J connectivity index is 2.02. The zero-order chi connectivity index (χ0) is 16.2. The molecular weight excluding hydrogens is 308 g/mol. The summed E-state index contributed by atoms with van der Waals surface area (Å²) >= 11 is 1.32. The molecule has 3 N–H and O–H groups in total. The molecule has 0 spiro atoms. The molecule has 0 bridgehead atoms. The smallest absolute Gasteiger partial charge is 0.261 e. The van der Waals surface area contributed by atoms with E-state index < -0.39 is 0 Å². The van der Waals surface area contributed by atoms with Crippen LogP contribution in [0.1, 0.15) is 27.9 Å². The van der Waals surface area contributed by atoms with Gasteiger partial charge in [-0.25, -0.2) is 9.97 Å². The van der Waals surface area contributed by atoms with Crippen LogP contribution in [0.2, 0.25) is 0 Å². The first-order valence-corrected chi connectivity index (χ1v) is 8.07. The number of hydrogen-bond acceptors (Lipinski definition) is 5. The maximum Gasteiger partial charge on any atom is 0.261 e. The maximum absolute atomic E-state index is 12.0. The van der Waals surface area contributed by atoms with Crippen molar-refractivity contribution in [2.45, 2.75) is 6.92 Å². The monoisotopic (exact) mass is 324 g/mol. The predicted octanol–water partition coefficient (Wildman–Crippen LogP) is 3.19. The van der Waals surface area contributed by atoms with Gasteiger partial charge in [0, 0.05) is 11.9 Å². The number of amides is 1. The van der Waals surface area contributed by atoms with Gasteiger partial charge in [0.05, 0.1) is 10.6 Å². The number of rotatable bonds is 4. The molecule has 0 aliphatic heterocycles. The van der Waals surface area contributed by atoms with Crippen molar-refractivity contribution in [3.8, 4) is 0 Å². The third-order valence-electron chi connectivity index (χ3n) is 3.23. The zero-order valence-electron chi connectivity index (χ0n) is 12.6. The van der Waals surface area contributed by atoms with Crippen molar-refractivity contribution in [1.29, 1.82) is 0 Å². The van der Waals surface area contributed by atoms with Gasteiger partial charge in [-0.05, 0) is 24.6 Å². The van der Waals surface area contributed by atoms with Crippen LogP contribution in [-0.2, 0) is 0 Å². The van der Waals surface area contributed by atoms with E-state index in [-0.39, 0.29) is 11.9 Å². The summed E-state index contributed by atoms with van der Waals surface area (Å²) in [6.07, 6.45) is 3.86. The van der Waals surface area contributed by atoms with Crippen LogP contribution in [0.3, 0.4) is 0 Å². The summed E-state index contributed by atoms with van der Waals surface area (Å²) in [4.78, 5) is 21.8. The summed E-state index contributed by atoms with van der Waals surface area (Å²) < 4.78 is 0.